The van der Waals surface area contributed by atoms with E-state index in [4.69, 9.17) is 4.74 Å². The van der Waals surface area contributed by atoms with Crippen molar-refractivity contribution in [2.45, 2.75) is 32.1 Å². The summed E-state index contributed by atoms with van der Waals surface area (Å²) in [5.41, 5.74) is 2.40. The molecule has 0 atom stereocenters. The maximum Gasteiger partial charge on any atom is 0.193 e. The maximum atomic E-state index is 5.31. The molecule has 22 heavy (non-hydrogen) atoms. The molecule has 0 bridgehead atoms. The Morgan fingerprint density at radius 3 is 2.82 bits per heavy atom. The van der Waals surface area contributed by atoms with E-state index >= 15 is 0 Å². The number of aryl methyl sites for hydroxylation is 1. The van der Waals surface area contributed by atoms with Crippen molar-refractivity contribution in [3.8, 4) is 5.75 Å². The quantitative estimate of drug-likeness (QED) is 0.686. The van der Waals surface area contributed by atoms with Gasteiger partial charge in [0.2, 0.25) is 0 Å². The number of guanidine groups is 1. The van der Waals surface area contributed by atoms with E-state index in [0.29, 0.717) is 0 Å². The molecule has 1 N–H and O–H groups in total. The molecule has 0 saturated carbocycles. The minimum atomic E-state index is 0.284. The van der Waals surface area contributed by atoms with Crippen LogP contribution < -0.4 is 10.1 Å². The van der Waals surface area contributed by atoms with Gasteiger partial charge in [-0.3, -0.25) is 4.99 Å². The monoisotopic (exact) mass is 321 g/mol. The lowest BCUT2D eigenvalue weighted by Gasteiger charge is -2.39. The first-order chi connectivity index (χ1) is 10.4. The molecule has 1 aliphatic rings. The maximum absolute atomic E-state index is 5.31. The predicted octanol–water partition coefficient (Wildman–Crippen LogP) is 2.91. The first kappa shape index (κ1) is 17.0. The first-order valence-electron chi connectivity index (χ1n) is 7.68. The van der Waals surface area contributed by atoms with Crippen LogP contribution in [0.15, 0.2) is 23.2 Å². The van der Waals surface area contributed by atoms with Crippen molar-refractivity contribution in [1.82, 2.24) is 10.2 Å². The number of benzene rings is 1. The Morgan fingerprint density at radius 1 is 1.45 bits per heavy atom. The molecule has 0 aliphatic carbocycles. The molecule has 0 amide bonds. The van der Waals surface area contributed by atoms with E-state index in [1.165, 1.54) is 5.56 Å². The third-order valence-electron chi connectivity index (χ3n) is 3.85. The molecule has 0 spiro atoms. The smallest absolute Gasteiger partial charge is 0.193 e. The van der Waals surface area contributed by atoms with Crippen LogP contribution in [0.4, 0.5) is 0 Å². The summed E-state index contributed by atoms with van der Waals surface area (Å²) in [6, 6.07) is 6.28. The zero-order valence-corrected chi connectivity index (χ0v) is 15.1. The second-order valence-electron chi connectivity index (χ2n) is 6.23. The van der Waals surface area contributed by atoms with Gasteiger partial charge in [0.1, 0.15) is 5.75 Å². The Hall–Kier alpha value is -1.36. The van der Waals surface area contributed by atoms with E-state index in [2.05, 4.69) is 48.1 Å². The molecule has 0 aromatic heterocycles. The summed E-state index contributed by atoms with van der Waals surface area (Å²) < 4.78 is 5.59. The summed E-state index contributed by atoms with van der Waals surface area (Å²) in [6.07, 6.45) is 0. The zero-order valence-electron chi connectivity index (χ0n) is 14.3. The zero-order chi connectivity index (χ0) is 16.2. The Balaban J connectivity index is 1.98. The van der Waals surface area contributed by atoms with Crippen LogP contribution in [0.5, 0.6) is 5.75 Å². The number of hydrogen-bond acceptors (Lipinski definition) is 3. The highest BCUT2D eigenvalue weighted by molar-refractivity contribution is 8.00. The van der Waals surface area contributed by atoms with Gasteiger partial charge in [-0.25, -0.2) is 0 Å². The number of aliphatic imine (C=N–C) groups is 1. The molecule has 1 saturated heterocycles. The van der Waals surface area contributed by atoms with Gasteiger partial charge in [0.05, 0.1) is 7.11 Å². The lowest BCUT2D eigenvalue weighted by Crippen LogP contribution is -2.50. The van der Waals surface area contributed by atoms with E-state index in [1.54, 1.807) is 7.11 Å². The molecule has 1 aromatic rings. The van der Waals surface area contributed by atoms with Crippen molar-refractivity contribution in [3.63, 3.8) is 0 Å². The van der Waals surface area contributed by atoms with Gasteiger partial charge in [0, 0.05) is 37.2 Å². The van der Waals surface area contributed by atoms with Crippen LogP contribution in [0.3, 0.4) is 0 Å². The Bertz CT molecular complexity index is 543. The van der Waals surface area contributed by atoms with Crippen molar-refractivity contribution in [2.24, 2.45) is 4.99 Å². The number of methoxy groups -OCH3 is 1. The van der Waals surface area contributed by atoms with Crippen LogP contribution in [0, 0.1) is 6.92 Å². The molecule has 1 fully saturated rings. The molecular weight excluding hydrogens is 294 g/mol. The normalized spacial score (nSPS) is 18.2. The molecule has 0 unspecified atom stereocenters. The van der Waals surface area contributed by atoms with E-state index in [9.17, 15) is 0 Å². The van der Waals surface area contributed by atoms with Crippen LogP contribution in [0.2, 0.25) is 0 Å². The van der Waals surface area contributed by atoms with Crippen LogP contribution in [0.25, 0.3) is 0 Å². The number of hydrogen-bond donors (Lipinski definition) is 1. The molecule has 1 heterocycles. The van der Waals surface area contributed by atoms with Crippen molar-refractivity contribution in [2.75, 3.05) is 33.0 Å². The fourth-order valence-electron chi connectivity index (χ4n) is 2.76. The van der Waals surface area contributed by atoms with Crippen LogP contribution in [0.1, 0.15) is 25.0 Å². The molecule has 1 aromatic carbocycles. The first-order valence-corrected chi connectivity index (χ1v) is 8.67. The van der Waals surface area contributed by atoms with Gasteiger partial charge in [-0.2, -0.15) is 11.8 Å². The number of nitrogens with one attached hydrogen (secondary N) is 1. The lowest BCUT2D eigenvalue weighted by molar-refractivity contribution is 0.375. The summed E-state index contributed by atoms with van der Waals surface area (Å²) in [5.74, 6) is 3.07. The minimum Gasteiger partial charge on any atom is -0.496 e. The second kappa shape index (κ2) is 7.27. The number of nitrogens with zero attached hydrogens (tertiary/aromatic N) is 2. The van der Waals surface area contributed by atoms with E-state index in [0.717, 1.165) is 42.7 Å². The topological polar surface area (TPSA) is 36.9 Å². The highest BCUT2D eigenvalue weighted by Gasteiger charge is 2.28. The SMILES string of the molecule is CN=C(NCc1ccc(OC)c(C)c1)N1CCSC(C)(C)C1. The number of thioether (sulfide) groups is 1. The largest absolute Gasteiger partial charge is 0.496 e. The fraction of sp³-hybridized carbons (Fsp3) is 0.588. The van der Waals surface area contributed by atoms with E-state index < -0.39 is 0 Å². The molecule has 5 heteroatoms. The molecular formula is C17H27N3OS. The number of ether oxygens (including phenoxy) is 1. The summed E-state index contributed by atoms with van der Waals surface area (Å²) in [7, 11) is 3.56. The average molecular weight is 321 g/mol. The third kappa shape index (κ3) is 4.32. The highest BCUT2D eigenvalue weighted by Crippen LogP contribution is 2.29. The molecule has 1 aliphatic heterocycles. The van der Waals surface area contributed by atoms with Gasteiger partial charge >= 0.3 is 0 Å². The minimum absolute atomic E-state index is 0.284. The molecule has 2 rings (SSSR count). The van der Waals surface area contributed by atoms with Crippen molar-refractivity contribution in [1.29, 1.82) is 0 Å². The predicted molar refractivity (Wildman–Crippen MR) is 96.0 cm³/mol. The standard InChI is InChI=1S/C17H27N3OS/c1-13-10-14(6-7-15(13)21-5)11-19-16(18-4)20-8-9-22-17(2,3)12-20/h6-7,10H,8-9,11-12H2,1-5H3,(H,18,19). The molecule has 0 radical (unpaired) electrons. The summed E-state index contributed by atoms with van der Waals surface area (Å²) >= 11 is 2.03. The Morgan fingerprint density at radius 2 is 2.23 bits per heavy atom. The van der Waals surface area contributed by atoms with E-state index in [1.807, 2.05) is 24.9 Å². The van der Waals surface area contributed by atoms with Gasteiger partial charge in [0.25, 0.3) is 0 Å². The number of rotatable bonds is 3. The van der Waals surface area contributed by atoms with Crippen molar-refractivity contribution in [3.05, 3.63) is 29.3 Å². The van der Waals surface area contributed by atoms with Crippen LogP contribution >= 0.6 is 11.8 Å². The van der Waals surface area contributed by atoms with Crippen molar-refractivity contribution >= 4 is 17.7 Å². The third-order valence-corrected chi connectivity index (χ3v) is 5.14. The highest BCUT2D eigenvalue weighted by atomic mass is 32.2. The Labute approximate surface area is 138 Å². The van der Waals surface area contributed by atoms with Gasteiger partial charge in [-0.1, -0.05) is 12.1 Å². The van der Waals surface area contributed by atoms with Crippen molar-refractivity contribution < 1.29 is 4.74 Å². The fourth-order valence-corrected chi connectivity index (χ4v) is 3.87. The van der Waals surface area contributed by atoms with E-state index in [-0.39, 0.29) is 4.75 Å². The summed E-state index contributed by atoms with van der Waals surface area (Å²) in [6.45, 7) is 9.52. The van der Waals surface area contributed by atoms with Gasteiger partial charge in [-0.05, 0) is 38.0 Å². The lowest BCUT2D eigenvalue weighted by atomic mass is 10.1. The summed E-state index contributed by atoms with van der Waals surface area (Å²) in [5, 5.41) is 3.48. The van der Waals surface area contributed by atoms with Gasteiger partial charge < -0.3 is 15.0 Å². The second-order valence-corrected chi connectivity index (χ2v) is 8.04. The van der Waals surface area contributed by atoms with Crippen LogP contribution in [-0.2, 0) is 6.54 Å². The summed E-state index contributed by atoms with van der Waals surface area (Å²) in [4.78, 5) is 6.80. The molecule has 122 valence electrons. The average Bonchev–Trinajstić information content (AvgIpc) is 2.47. The Kier molecular flexibility index (Phi) is 5.62. The van der Waals surface area contributed by atoms with Gasteiger partial charge in [0.15, 0.2) is 5.96 Å². The molecule has 4 nitrogen and oxygen atoms in total. The van der Waals surface area contributed by atoms with Crippen LogP contribution in [-0.4, -0.2) is 48.6 Å². The van der Waals surface area contributed by atoms with Gasteiger partial charge in [-0.15, -0.1) is 0 Å².